The lowest BCUT2D eigenvalue weighted by Gasteiger charge is -2.03. The average Bonchev–Trinajstić information content (AvgIpc) is 2.14. The Kier molecular flexibility index (Phi) is 6.98. The van der Waals surface area contributed by atoms with Gasteiger partial charge in [-0.3, -0.25) is 9.59 Å². The van der Waals surface area contributed by atoms with E-state index in [4.69, 9.17) is 11.6 Å². The van der Waals surface area contributed by atoms with E-state index in [1.165, 1.54) is 12.5 Å². The smallest absolute Gasteiger partial charge is 0.181 e. The lowest BCUT2D eigenvalue weighted by atomic mass is 10.1. The summed E-state index contributed by atoms with van der Waals surface area (Å²) < 4.78 is 0. The first-order valence-electron chi connectivity index (χ1n) is 5.35. The van der Waals surface area contributed by atoms with Crippen molar-refractivity contribution in [2.24, 2.45) is 0 Å². The van der Waals surface area contributed by atoms with Crippen LogP contribution in [0.5, 0.6) is 0 Å². The Hall–Kier alpha value is -0.890. The van der Waals surface area contributed by atoms with Crippen molar-refractivity contribution in [3.63, 3.8) is 0 Å². The van der Waals surface area contributed by atoms with Gasteiger partial charge in [-0.1, -0.05) is 28.8 Å². The molecule has 0 aliphatic heterocycles. The van der Waals surface area contributed by atoms with Gasteiger partial charge in [0, 0.05) is 0 Å². The van der Waals surface area contributed by atoms with Crippen molar-refractivity contribution in [2.45, 2.75) is 47.0 Å². The van der Waals surface area contributed by atoms with Gasteiger partial charge in [0.1, 0.15) is 5.78 Å². The summed E-state index contributed by atoms with van der Waals surface area (Å²) in [4.78, 5) is 22.2. The molecular weight excluding hydrogens is 224 g/mol. The monoisotopic (exact) mass is 242 g/mol. The fourth-order valence-corrected chi connectivity index (χ4v) is 1.39. The highest BCUT2D eigenvalue weighted by Crippen LogP contribution is 2.17. The van der Waals surface area contributed by atoms with Crippen LogP contribution in [0.4, 0.5) is 0 Å². The van der Waals surface area contributed by atoms with E-state index in [2.05, 4.69) is 6.08 Å². The van der Waals surface area contributed by atoms with Crippen LogP contribution in [-0.2, 0) is 9.59 Å². The van der Waals surface area contributed by atoms with E-state index in [0.29, 0.717) is 0 Å². The normalized spacial score (nSPS) is 11.8. The molecule has 0 saturated heterocycles. The fourth-order valence-electron chi connectivity index (χ4n) is 1.23. The van der Waals surface area contributed by atoms with Gasteiger partial charge >= 0.3 is 0 Å². The topological polar surface area (TPSA) is 34.1 Å². The van der Waals surface area contributed by atoms with E-state index < -0.39 is 0 Å². The molecule has 0 aliphatic carbocycles. The molecule has 0 spiro atoms. The Labute approximate surface area is 102 Å². The van der Waals surface area contributed by atoms with Crippen molar-refractivity contribution < 1.29 is 9.59 Å². The number of hydrogen-bond acceptors (Lipinski definition) is 2. The molecule has 0 amide bonds. The third kappa shape index (κ3) is 6.57. The molecule has 0 atom stereocenters. The Morgan fingerprint density at radius 3 is 2.12 bits per heavy atom. The van der Waals surface area contributed by atoms with Crippen LogP contribution in [0.25, 0.3) is 0 Å². The Bertz CT molecular complexity index is 334. The van der Waals surface area contributed by atoms with Gasteiger partial charge in [0.2, 0.25) is 0 Å². The van der Waals surface area contributed by atoms with E-state index in [9.17, 15) is 9.59 Å². The molecular formula is C13H19ClO2. The Morgan fingerprint density at radius 1 is 1.12 bits per heavy atom. The van der Waals surface area contributed by atoms with Gasteiger partial charge in [0.25, 0.3) is 0 Å². The second-order valence-electron chi connectivity index (χ2n) is 4.22. The SMILES string of the molecule is CC(=O)CC(=O)/C(Cl)=C(/C)CCC=C(C)C. The van der Waals surface area contributed by atoms with Crippen LogP contribution in [0, 0.1) is 0 Å². The standard InChI is InChI=1S/C13H19ClO2/c1-9(2)6-5-7-10(3)13(14)12(16)8-11(4)15/h6H,5,7-8H2,1-4H3/b13-10+. The summed E-state index contributed by atoms with van der Waals surface area (Å²) in [6.07, 6.45) is 3.63. The molecule has 0 aromatic heterocycles. The van der Waals surface area contributed by atoms with Crippen molar-refractivity contribution in [3.8, 4) is 0 Å². The minimum absolute atomic E-state index is 0.0984. The summed E-state index contributed by atoms with van der Waals surface area (Å²) >= 11 is 5.90. The second-order valence-corrected chi connectivity index (χ2v) is 4.59. The quantitative estimate of drug-likeness (QED) is 0.403. The van der Waals surface area contributed by atoms with Crippen molar-refractivity contribution in [1.29, 1.82) is 0 Å². The first-order valence-corrected chi connectivity index (χ1v) is 5.73. The van der Waals surface area contributed by atoms with Crippen LogP contribution in [0.2, 0.25) is 0 Å². The third-order valence-electron chi connectivity index (χ3n) is 2.10. The highest BCUT2D eigenvalue weighted by molar-refractivity contribution is 6.43. The zero-order chi connectivity index (χ0) is 12.7. The molecule has 0 aromatic carbocycles. The summed E-state index contributed by atoms with van der Waals surface area (Å²) in [6.45, 7) is 7.28. The minimum Gasteiger partial charge on any atom is -0.300 e. The summed E-state index contributed by atoms with van der Waals surface area (Å²) in [7, 11) is 0. The van der Waals surface area contributed by atoms with Crippen LogP contribution in [-0.4, -0.2) is 11.6 Å². The van der Waals surface area contributed by atoms with Crippen molar-refractivity contribution >= 4 is 23.2 Å². The zero-order valence-electron chi connectivity index (χ0n) is 10.4. The van der Waals surface area contributed by atoms with Crippen LogP contribution >= 0.6 is 11.6 Å². The second kappa shape index (κ2) is 7.39. The maximum Gasteiger partial charge on any atom is 0.181 e. The van der Waals surface area contributed by atoms with Gasteiger partial charge in [0.15, 0.2) is 5.78 Å². The van der Waals surface area contributed by atoms with Crippen LogP contribution in [0.15, 0.2) is 22.3 Å². The molecule has 2 nitrogen and oxygen atoms in total. The number of carbonyl (C=O) groups excluding carboxylic acids is 2. The lowest BCUT2D eigenvalue weighted by Crippen LogP contribution is -2.05. The third-order valence-corrected chi connectivity index (χ3v) is 2.63. The van der Waals surface area contributed by atoms with Crippen LogP contribution < -0.4 is 0 Å². The number of ketones is 2. The largest absolute Gasteiger partial charge is 0.300 e. The van der Waals surface area contributed by atoms with Crippen LogP contribution in [0.1, 0.15) is 47.0 Å². The molecule has 0 aromatic rings. The van der Waals surface area contributed by atoms with Crippen molar-refractivity contribution in [2.75, 3.05) is 0 Å². The zero-order valence-corrected chi connectivity index (χ0v) is 11.1. The number of hydrogen-bond donors (Lipinski definition) is 0. The molecule has 0 rings (SSSR count). The number of allylic oxidation sites excluding steroid dienone is 4. The van der Waals surface area contributed by atoms with E-state index >= 15 is 0 Å². The van der Waals surface area contributed by atoms with Gasteiger partial charge < -0.3 is 0 Å². The summed E-state index contributed by atoms with van der Waals surface area (Å²) in [5, 5.41) is 0.220. The maximum absolute atomic E-state index is 11.5. The predicted octanol–water partition coefficient (Wildman–Crippen LogP) is 3.79. The molecule has 0 radical (unpaired) electrons. The maximum atomic E-state index is 11.5. The van der Waals surface area contributed by atoms with Gasteiger partial charge in [-0.15, -0.1) is 0 Å². The van der Waals surface area contributed by atoms with Gasteiger partial charge in [-0.25, -0.2) is 0 Å². The van der Waals surface area contributed by atoms with Gasteiger partial charge in [0.05, 0.1) is 11.5 Å². The molecule has 0 heterocycles. The Morgan fingerprint density at radius 2 is 1.69 bits per heavy atom. The van der Waals surface area contributed by atoms with E-state index in [1.807, 2.05) is 20.8 Å². The Balaban J connectivity index is 4.40. The van der Waals surface area contributed by atoms with Gasteiger partial charge in [-0.05, 0) is 40.5 Å². The molecule has 0 N–H and O–H groups in total. The summed E-state index contributed by atoms with van der Waals surface area (Å²) in [5.74, 6) is -0.427. The lowest BCUT2D eigenvalue weighted by molar-refractivity contribution is -0.123. The fraction of sp³-hybridized carbons (Fsp3) is 0.538. The molecule has 0 aliphatic rings. The number of carbonyl (C=O) groups is 2. The predicted molar refractivity (Wildman–Crippen MR) is 67.5 cm³/mol. The van der Waals surface area contributed by atoms with E-state index in [0.717, 1.165) is 18.4 Å². The number of halogens is 1. The first-order chi connectivity index (χ1) is 7.34. The first kappa shape index (κ1) is 15.1. The number of rotatable bonds is 6. The molecule has 16 heavy (non-hydrogen) atoms. The molecule has 0 saturated carbocycles. The van der Waals surface area contributed by atoms with Crippen LogP contribution in [0.3, 0.4) is 0 Å². The minimum atomic E-state index is -0.274. The number of Topliss-reactive ketones (excluding diaryl/α,β-unsaturated/α-hetero) is 2. The van der Waals surface area contributed by atoms with Gasteiger partial charge in [-0.2, -0.15) is 0 Å². The molecule has 90 valence electrons. The van der Waals surface area contributed by atoms with Crippen molar-refractivity contribution in [1.82, 2.24) is 0 Å². The van der Waals surface area contributed by atoms with E-state index in [1.54, 1.807) is 0 Å². The highest BCUT2D eigenvalue weighted by Gasteiger charge is 2.11. The van der Waals surface area contributed by atoms with Crippen molar-refractivity contribution in [3.05, 3.63) is 22.3 Å². The summed E-state index contributed by atoms with van der Waals surface area (Å²) in [5.41, 5.74) is 2.10. The highest BCUT2D eigenvalue weighted by atomic mass is 35.5. The molecule has 0 unspecified atom stereocenters. The summed E-state index contributed by atoms with van der Waals surface area (Å²) in [6, 6.07) is 0. The van der Waals surface area contributed by atoms with E-state index in [-0.39, 0.29) is 23.0 Å². The molecule has 0 bridgehead atoms. The average molecular weight is 243 g/mol. The molecule has 0 fully saturated rings. The molecule has 3 heteroatoms.